The number of pyridine rings is 2. The summed E-state index contributed by atoms with van der Waals surface area (Å²) in [5.74, 6) is 0.361. The summed E-state index contributed by atoms with van der Waals surface area (Å²) in [5.41, 5.74) is 1.44. The SMILES string of the molecule is Cc1nn(-c2ccccn2)c2nc(C3CC3)cc(C(=O)NCC(O)c3cccc(C(F)(F)F)c3)c12. The quantitative estimate of drug-likeness (QED) is 0.424. The van der Waals surface area contributed by atoms with E-state index in [0.29, 0.717) is 28.1 Å². The number of aliphatic hydroxyl groups is 1. The molecule has 0 spiro atoms. The van der Waals surface area contributed by atoms with Gasteiger partial charge >= 0.3 is 6.18 Å². The van der Waals surface area contributed by atoms with Gasteiger partial charge in [-0.15, -0.1) is 0 Å². The van der Waals surface area contributed by atoms with E-state index in [0.717, 1.165) is 30.7 Å². The number of nitrogens with zero attached hydrogens (tertiary/aromatic N) is 4. The number of carbonyl (C=O) groups excluding carboxylic acids is 1. The lowest BCUT2D eigenvalue weighted by Crippen LogP contribution is -2.29. The van der Waals surface area contributed by atoms with Crippen molar-refractivity contribution in [2.45, 2.75) is 38.0 Å². The summed E-state index contributed by atoms with van der Waals surface area (Å²) in [6, 6.07) is 11.6. The lowest BCUT2D eigenvalue weighted by molar-refractivity contribution is -0.137. The van der Waals surface area contributed by atoms with Gasteiger partial charge in [-0.3, -0.25) is 4.79 Å². The number of rotatable bonds is 6. The highest BCUT2D eigenvalue weighted by molar-refractivity contribution is 6.06. The van der Waals surface area contributed by atoms with Crippen LogP contribution in [-0.2, 0) is 6.18 Å². The molecule has 1 aliphatic carbocycles. The van der Waals surface area contributed by atoms with Crippen LogP contribution >= 0.6 is 0 Å². The average molecular weight is 481 g/mol. The number of amides is 1. The Morgan fingerprint density at radius 3 is 2.69 bits per heavy atom. The van der Waals surface area contributed by atoms with Gasteiger partial charge < -0.3 is 10.4 Å². The van der Waals surface area contributed by atoms with Crippen molar-refractivity contribution in [3.05, 3.63) is 82.8 Å². The Balaban J connectivity index is 1.45. The maximum atomic E-state index is 13.2. The minimum atomic E-state index is -4.52. The van der Waals surface area contributed by atoms with Gasteiger partial charge in [0.25, 0.3) is 5.91 Å². The number of carbonyl (C=O) groups is 1. The van der Waals surface area contributed by atoms with Crippen LogP contribution in [0.25, 0.3) is 16.9 Å². The second kappa shape index (κ2) is 8.77. The molecule has 0 bridgehead atoms. The van der Waals surface area contributed by atoms with Crippen molar-refractivity contribution in [2.75, 3.05) is 6.54 Å². The topological polar surface area (TPSA) is 92.9 Å². The van der Waals surface area contributed by atoms with E-state index in [2.05, 4.69) is 15.4 Å². The van der Waals surface area contributed by atoms with Crippen LogP contribution in [0, 0.1) is 6.92 Å². The molecule has 180 valence electrons. The van der Waals surface area contributed by atoms with Gasteiger partial charge in [0, 0.05) is 24.4 Å². The van der Waals surface area contributed by atoms with Crippen LogP contribution in [0.5, 0.6) is 0 Å². The summed E-state index contributed by atoms with van der Waals surface area (Å²) in [4.78, 5) is 22.3. The molecule has 7 nitrogen and oxygen atoms in total. The van der Waals surface area contributed by atoms with Crippen LogP contribution in [0.15, 0.2) is 54.7 Å². The number of nitrogens with one attached hydrogen (secondary N) is 1. The predicted molar refractivity (Wildman–Crippen MR) is 122 cm³/mol. The highest BCUT2D eigenvalue weighted by Crippen LogP contribution is 2.40. The summed E-state index contributed by atoms with van der Waals surface area (Å²) in [6.07, 6.45) is -2.23. The fourth-order valence-corrected chi connectivity index (χ4v) is 4.04. The van der Waals surface area contributed by atoms with E-state index in [4.69, 9.17) is 4.98 Å². The smallest absolute Gasteiger partial charge is 0.387 e. The first-order valence-electron chi connectivity index (χ1n) is 11.2. The Hall–Kier alpha value is -3.79. The molecular weight excluding hydrogens is 459 g/mol. The maximum absolute atomic E-state index is 13.2. The van der Waals surface area contributed by atoms with Crippen molar-refractivity contribution in [3.8, 4) is 5.82 Å². The molecule has 1 atom stereocenters. The molecule has 0 saturated heterocycles. The summed E-state index contributed by atoms with van der Waals surface area (Å²) < 4.78 is 40.6. The van der Waals surface area contributed by atoms with Crippen molar-refractivity contribution in [1.82, 2.24) is 25.1 Å². The summed E-state index contributed by atoms with van der Waals surface area (Å²) in [5, 5.41) is 18.2. The van der Waals surface area contributed by atoms with Crippen molar-refractivity contribution < 1.29 is 23.1 Å². The van der Waals surface area contributed by atoms with Gasteiger partial charge in [0.15, 0.2) is 11.5 Å². The molecule has 2 N–H and O–H groups in total. The van der Waals surface area contributed by atoms with Crippen LogP contribution < -0.4 is 5.32 Å². The first kappa shape index (κ1) is 23.0. The van der Waals surface area contributed by atoms with Gasteiger partial charge in [-0.25, -0.2) is 9.97 Å². The van der Waals surface area contributed by atoms with Gasteiger partial charge in [0.05, 0.1) is 28.3 Å². The Labute approximate surface area is 198 Å². The second-order valence-corrected chi connectivity index (χ2v) is 8.60. The largest absolute Gasteiger partial charge is 0.416 e. The molecule has 5 rings (SSSR count). The van der Waals surface area contributed by atoms with E-state index in [9.17, 15) is 23.1 Å². The molecule has 35 heavy (non-hydrogen) atoms. The number of hydrogen-bond acceptors (Lipinski definition) is 5. The zero-order valence-corrected chi connectivity index (χ0v) is 18.8. The van der Waals surface area contributed by atoms with E-state index in [1.807, 2.05) is 6.07 Å². The molecular formula is C25H22F3N5O2. The fraction of sp³-hybridized carbons (Fsp3) is 0.280. The lowest BCUT2D eigenvalue weighted by atomic mass is 10.0. The fourth-order valence-electron chi connectivity index (χ4n) is 4.04. The molecule has 1 saturated carbocycles. The van der Waals surface area contributed by atoms with E-state index < -0.39 is 23.8 Å². The molecule has 3 aromatic heterocycles. The van der Waals surface area contributed by atoms with Gasteiger partial charge in [-0.05, 0) is 55.7 Å². The van der Waals surface area contributed by atoms with E-state index >= 15 is 0 Å². The minimum Gasteiger partial charge on any atom is -0.387 e. The normalized spacial score (nSPS) is 14.8. The number of aromatic nitrogens is 4. The van der Waals surface area contributed by atoms with E-state index in [1.165, 1.54) is 12.1 Å². The third kappa shape index (κ3) is 4.61. The molecule has 1 unspecified atom stereocenters. The predicted octanol–water partition coefficient (Wildman–Crippen LogP) is 4.48. The Morgan fingerprint density at radius 1 is 1.20 bits per heavy atom. The standard InChI is InChI=1S/C25H22F3N5O2/c1-14-22-18(24(35)30-13-20(34)16-5-4-6-17(11-16)25(26,27)28)12-19(15-8-9-15)31-23(22)33(32-14)21-7-2-3-10-29-21/h2-7,10-12,15,20,34H,8-9,13H2,1H3,(H,30,35). The molecule has 0 radical (unpaired) electrons. The lowest BCUT2D eigenvalue weighted by Gasteiger charge is -2.15. The van der Waals surface area contributed by atoms with Crippen LogP contribution in [0.2, 0.25) is 0 Å². The van der Waals surface area contributed by atoms with Crippen molar-refractivity contribution in [1.29, 1.82) is 0 Å². The summed E-state index contributed by atoms with van der Waals surface area (Å²) >= 11 is 0. The monoisotopic (exact) mass is 481 g/mol. The highest BCUT2D eigenvalue weighted by atomic mass is 19.4. The van der Waals surface area contributed by atoms with E-state index in [-0.39, 0.29) is 18.0 Å². The number of fused-ring (bicyclic) bond motifs is 1. The van der Waals surface area contributed by atoms with Crippen molar-refractivity contribution in [3.63, 3.8) is 0 Å². The Kier molecular flexibility index (Phi) is 5.76. The van der Waals surface area contributed by atoms with Gasteiger partial charge in [-0.2, -0.15) is 23.0 Å². The van der Waals surface area contributed by atoms with Crippen LogP contribution in [0.1, 0.15) is 57.7 Å². The summed E-state index contributed by atoms with van der Waals surface area (Å²) in [7, 11) is 0. The van der Waals surface area contributed by atoms with E-state index in [1.54, 1.807) is 36.0 Å². The number of aliphatic hydroxyl groups excluding tert-OH is 1. The molecule has 0 aliphatic heterocycles. The van der Waals surface area contributed by atoms with Crippen LogP contribution in [-0.4, -0.2) is 37.3 Å². The number of hydrogen-bond donors (Lipinski definition) is 2. The van der Waals surface area contributed by atoms with Crippen molar-refractivity contribution in [2.24, 2.45) is 0 Å². The third-order valence-electron chi connectivity index (χ3n) is 5.99. The minimum absolute atomic E-state index is 0.0674. The molecule has 1 aliphatic rings. The van der Waals surface area contributed by atoms with Crippen LogP contribution in [0.3, 0.4) is 0 Å². The average Bonchev–Trinajstić information content (AvgIpc) is 3.65. The maximum Gasteiger partial charge on any atom is 0.416 e. The third-order valence-corrected chi connectivity index (χ3v) is 5.99. The molecule has 1 amide bonds. The van der Waals surface area contributed by atoms with Crippen LogP contribution in [0.4, 0.5) is 13.2 Å². The van der Waals surface area contributed by atoms with Gasteiger partial charge in [-0.1, -0.05) is 18.2 Å². The van der Waals surface area contributed by atoms with Gasteiger partial charge in [0.2, 0.25) is 0 Å². The first-order chi connectivity index (χ1) is 16.7. The Morgan fingerprint density at radius 2 is 2.00 bits per heavy atom. The Bertz CT molecular complexity index is 1400. The molecule has 3 heterocycles. The number of alkyl halides is 3. The van der Waals surface area contributed by atoms with Gasteiger partial charge in [0.1, 0.15) is 0 Å². The molecule has 1 fully saturated rings. The zero-order valence-electron chi connectivity index (χ0n) is 18.8. The number of aryl methyl sites for hydroxylation is 1. The second-order valence-electron chi connectivity index (χ2n) is 8.60. The van der Waals surface area contributed by atoms with Crippen molar-refractivity contribution >= 4 is 16.9 Å². The number of halogens is 3. The first-order valence-corrected chi connectivity index (χ1v) is 11.2. The zero-order chi connectivity index (χ0) is 24.7. The molecule has 4 aromatic rings. The molecule has 10 heteroatoms. The number of benzene rings is 1. The summed E-state index contributed by atoms with van der Waals surface area (Å²) in [6.45, 7) is 1.52. The highest BCUT2D eigenvalue weighted by Gasteiger charge is 2.31. The molecule has 1 aromatic carbocycles.